The summed E-state index contributed by atoms with van der Waals surface area (Å²) in [5.41, 5.74) is -9.69. The van der Waals surface area contributed by atoms with Crippen molar-refractivity contribution < 1.29 is 42.6 Å². The Morgan fingerprint density at radius 3 is 2.79 bits per heavy atom. The number of carbonyl (C=O) groups excluding carboxylic acids is 1. The van der Waals surface area contributed by atoms with E-state index in [2.05, 4.69) is 25.3 Å². The normalized spacial score (nSPS) is 18.5. The largest absolute Gasteiger partial charge is 0.416 e. The summed E-state index contributed by atoms with van der Waals surface area (Å²) in [6.45, 7) is -6.49. The standard InChI is InChI=1S/C28H22F3N7O/c1-17-5-6-19(10-25(17)37-27-33-9-7-24(36-27)20-4-3-8-32-14-20)26(39)35-22-11-21(28(29,30)31)12-23(13-22)38-15-18(2)34-16-38/h3-16H,1-2H3,(H,35,39)(H,33,36,37)/i1D3,2D3,3D,4D,5D,6D,8D,10D,11D,12D,13D,14D,15D,16D. The van der Waals surface area contributed by atoms with Crippen molar-refractivity contribution in [2.24, 2.45) is 0 Å². The summed E-state index contributed by atoms with van der Waals surface area (Å²) in [6.07, 6.45) is -8.33. The molecule has 39 heavy (non-hydrogen) atoms. The van der Waals surface area contributed by atoms with Gasteiger partial charge in [-0.25, -0.2) is 15.0 Å². The van der Waals surface area contributed by atoms with Gasteiger partial charge in [-0.2, -0.15) is 13.2 Å². The van der Waals surface area contributed by atoms with E-state index >= 15 is 0 Å². The van der Waals surface area contributed by atoms with Crippen LogP contribution in [0.3, 0.4) is 0 Å². The van der Waals surface area contributed by atoms with E-state index in [1.807, 2.05) is 0 Å². The van der Waals surface area contributed by atoms with Gasteiger partial charge in [-0.15, -0.1) is 0 Å². The highest BCUT2D eigenvalue weighted by Gasteiger charge is 2.31. The number of nitrogens with zero attached hydrogens (tertiary/aromatic N) is 5. The molecule has 0 saturated carbocycles. The second-order valence-corrected chi connectivity index (χ2v) is 7.28. The number of halogens is 3. The van der Waals surface area contributed by atoms with Gasteiger partial charge in [-0.3, -0.25) is 9.78 Å². The van der Waals surface area contributed by atoms with Crippen LogP contribution in [0.25, 0.3) is 16.9 Å². The monoisotopic (exact) mass is 547 g/mol. The van der Waals surface area contributed by atoms with Crippen LogP contribution in [0, 0.1) is 13.7 Å². The SMILES string of the molecule is [2H]c1nc([2H])c(-c2ccnc(Nc3c([2H])c(C(=O)Nc4c([2H])c(-n5c([2H])nc(C([2H])([2H])[2H])c5[2H])c([2H])c(C(F)(F)F)c4[2H])c([2H])c([2H])c3C([2H])([2H])[2H])n2)c([2H])c1[2H]. The van der Waals surface area contributed by atoms with Crippen LogP contribution in [0.2, 0.25) is 0 Å². The third kappa shape index (κ3) is 5.93. The maximum absolute atomic E-state index is 14.4. The zero-order valence-electron chi connectivity index (χ0n) is 36.9. The molecule has 0 aliphatic rings. The number of benzene rings is 2. The van der Waals surface area contributed by atoms with E-state index in [1.165, 1.54) is 0 Å². The Bertz CT molecular complexity index is 2500. The van der Waals surface area contributed by atoms with Gasteiger partial charge in [0.2, 0.25) is 5.95 Å². The number of amides is 1. The van der Waals surface area contributed by atoms with Gasteiger partial charge < -0.3 is 15.2 Å². The molecule has 8 nitrogen and oxygen atoms in total. The smallest absolute Gasteiger partial charge is 0.324 e. The molecule has 2 N–H and O–H groups in total. The zero-order valence-corrected chi connectivity index (χ0v) is 18.9. The molecule has 196 valence electrons. The highest BCUT2D eigenvalue weighted by Crippen LogP contribution is 2.33. The molecular formula is C28H22F3N7O. The Morgan fingerprint density at radius 2 is 2.00 bits per heavy atom. The Hall–Kier alpha value is -5.06. The van der Waals surface area contributed by atoms with E-state index < -0.39 is 144 Å². The summed E-state index contributed by atoms with van der Waals surface area (Å²) < 4.78 is 189. The first-order valence-electron chi connectivity index (χ1n) is 19.4. The second-order valence-electron chi connectivity index (χ2n) is 7.28. The fourth-order valence-electron chi connectivity index (χ4n) is 2.94. The summed E-state index contributed by atoms with van der Waals surface area (Å²) in [5.74, 6) is -2.36. The van der Waals surface area contributed by atoms with Crippen molar-refractivity contribution in [3.05, 3.63) is 108 Å². The number of alkyl halides is 3. The van der Waals surface area contributed by atoms with Crippen molar-refractivity contribution in [1.29, 1.82) is 0 Å². The Kier molecular flexibility index (Phi) is 3.13. The molecule has 0 fully saturated rings. The lowest BCUT2D eigenvalue weighted by Gasteiger charge is -2.14. The molecule has 0 spiro atoms. The molecule has 3 heterocycles. The third-order valence-corrected chi connectivity index (χ3v) is 4.62. The first-order chi connectivity index (χ1) is 26.1. The van der Waals surface area contributed by atoms with Crippen LogP contribution in [0.5, 0.6) is 0 Å². The Morgan fingerprint density at radius 1 is 1.10 bits per heavy atom. The van der Waals surface area contributed by atoms with E-state index in [0.29, 0.717) is 0 Å². The van der Waals surface area contributed by atoms with Crippen molar-refractivity contribution in [2.75, 3.05) is 10.6 Å². The van der Waals surface area contributed by atoms with Gasteiger partial charge in [0.1, 0.15) is 1.37 Å². The van der Waals surface area contributed by atoms with Crippen LogP contribution in [-0.2, 0) is 6.18 Å². The number of aromatic nitrogens is 5. The predicted molar refractivity (Wildman–Crippen MR) is 141 cm³/mol. The summed E-state index contributed by atoms with van der Waals surface area (Å²) in [5, 5.41) is 4.10. The number of rotatable bonds is 6. The average molecular weight is 548 g/mol. The molecule has 0 aliphatic carbocycles. The summed E-state index contributed by atoms with van der Waals surface area (Å²) in [7, 11) is 0. The number of hydrogen-bond acceptors (Lipinski definition) is 6. The molecule has 1 amide bonds. The molecule has 11 heteroatoms. The molecule has 0 radical (unpaired) electrons. The lowest BCUT2D eigenvalue weighted by Crippen LogP contribution is -2.14. The third-order valence-electron chi connectivity index (χ3n) is 4.62. The van der Waals surface area contributed by atoms with Gasteiger partial charge >= 0.3 is 6.18 Å². The number of aryl methyl sites for hydroxylation is 1. The van der Waals surface area contributed by atoms with Crippen molar-refractivity contribution in [3.8, 4) is 16.9 Å². The van der Waals surface area contributed by atoms with Crippen molar-refractivity contribution in [1.82, 2.24) is 24.5 Å². The van der Waals surface area contributed by atoms with E-state index in [0.717, 1.165) is 12.3 Å². The van der Waals surface area contributed by atoms with E-state index in [1.54, 1.807) is 5.32 Å². The predicted octanol–water partition coefficient (Wildman–Crippen LogP) is 6.36. The van der Waals surface area contributed by atoms with Gasteiger partial charge in [0.25, 0.3) is 5.91 Å². The van der Waals surface area contributed by atoms with E-state index in [9.17, 15) is 18.0 Å². The van der Waals surface area contributed by atoms with Crippen LogP contribution in [0.4, 0.5) is 30.5 Å². The fraction of sp³-hybridized carbons (Fsp3) is 0.107. The molecule has 0 unspecified atom stereocenters. The lowest BCUT2D eigenvalue weighted by molar-refractivity contribution is -0.137. The number of carbonyl (C=O) groups is 1. The Balaban J connectivity index is 1.71. The van der Waals surface area contributed by atoms with Gasteiger partial charge in [-0.05, 0) is 67.6 Å². The van der Waals surface area contributed by atoms with Crippen LogP contribution in [-0.4, -0.2) is 30.4 Å². The number of nitrogens with one attached hydrogen (secondary N) is 2. The van der Waals surface area contributed by atoms with E-state index in [-0.39, 0.29) is 15.8 Å². The molecule has 0 saturated heterocycles. The summed E-state index contributed by atoms with van der Waals surface area (Å²) >= 11 is 0. The maximum Gasteiger partial charge on any atom is 0.416 e. The van der Waals surface area contributed by atoms with Crippen molar-refractivity contribution in [2.45, 2.75) is 19.9 Å². The minimum Gasteiger partial charge on any atom is -0.324 e. The van der Waals surface area contributed by atoms with Crippen LogP contribution < -0.4 is 10.6 Å². The molecular weight excluding hydrogens is 507 g/mol. The average Bonchev–Trinajstić information content (AvgIpc) is 3.37. The van der Waals surface area contributed by atoms with Gasteiger partial charge in [0.15, 0.2) is 0 Å². The molecule has 5 aromatic rings. The van der Waals surface area contributed by atoms with Crippen LogP contribution in [0.15, 0.2) is 85.4 Å². The minimum absolute atomic E-state index is 0.0985. The van der Waals surface area contributed by atoms with Gasteiger partial charge in [-0.1, -0.05) is 6.04 Å². The molecule has 0 aliphatic heterocycles. The first-order valence-corrected chi connectivity index (χ1v) is 10.4. The van der Waals surface area contributed by atoms with Crippen LogP contribution >= 0.6 is 0 Å². The number of pyridine rings is 1. The molecule has 2 aromatic carbocycles. The highest BCUT2D eigenvalue weighted by atomic mass is 19.4. The minimum atomic E-state index is -5.58. The molecule has 0 bridgehead atoms. The highest BCUT2D eigenvalue weighted by molar-refractivity contribution is 6.05. The maximum atomic E-state index is 14.4. The van der Waals surface area contributed by atoms with Crippen LogP contribution in [0.1, 0.15) is 51.9 Å². The Labute approximate surface area is 246 Å². The lowest BCUT2D eigenvalue weighted by atomic mass is 10.1. The quantitative estimate of drug-likeness (QED) is 0.257. The summed E-state index contributed by atoms with van der Waals surface area (Å²) in [6, 6.07) is -8.58. The van der Waals surface area contributed by atoms with Crippen molar-refractivity contribution >= 4 is 23.2 Å². The number of imidazole rings is 1. The number of hydrogen-bond donors (Lipinski definition) is 2. The van der Waals surface area contributed by atoms with Gasteiger partial charge in [0, 0.05) is 61.1 Å². The number of anilines is 3. The van der Waals surface area contributed by atoms with E-state index in [4.69, 9.17) is 24.7 Å². The molecule has 3 aromatic heterocycles. The molecule has 5 rings (SSSR count). The fourth-order valence-corrected chi connectivity index (χ4v) is 2.94. The second kappa shape index (κ2) is 10.4. The van der Waals surface area contributed by atoms with Gasteiger partial charge in [0.05, 0.1) is 38.3 Å². The molecule has 0 atom stereocenters. The zero-order chi connectivity index (χ0) is 43.0. The topological polar surface area (TPSA) is 97.6 Å². The summed E-state index contributed by atoms with van der Waals surface area (Å²) in [4.78, 5) is 28.7. The van der Waals surface area contributed by atoms with Crippen molar-refractivity contribution in [3.63, 3.8) is 0 Å². The first kappa shape index (κ1) is 11.8.